The Kier molecular flexibility index (Phi) is 4.05. The minimum absolute atomic E-state index is 0.0578. The van der Waals surface area contributed by atoms with E-state index in [4.69, 9.17) is 4.74 Å². The van der Waals surface area contributed by atoms with E-state index in [1.807, 2.05) is 13.0 Å². The van der Waals surface area contributed by atoms with Gasteiger partial charge in [-0.3, -0.25) is 9.59 Å². The van der Waals surface area contributed by atoms with E-state index < -0.39 is 0 Å². The molecule has 4 aliphatic carbocycles. The molecule has 3 saturated carbocycles. The first kappa shape index (κ1) is 17.8. The van der Waals surface area contributed by atoms with Gasteiger partial charge in [0.15, 0.2) is 5.78 Å². The average molecular weight is 354 g/mol. The number of allylic oxidation sites excluding steroid dienone is 5. The quantitative estimate of drug-likeness (QED) is 0.670. The summed E-state index contributed by atoms with van der Waals surface area (Å²) in [5.41, 5.74) is 2.29. The number of rotatable bonds is 2. The van der Waals surface area contributed by atoms with Gasteiger partial charge < -0.3 is 4.74 Å². The van der Waals surface area contributed by atoms with Crippen LogP contribution in [0.3, 0.4) is 0 Å². The van der Waals surface area contributed by atoms with Crippen molar-refractivity contribution >= 4 is 11.8 Å². The zero-order chi connectivity index (χ0) is 18.7. The van der Waals surface area contributed by atoms with E-state index in [2.05, 4.69) is 26.5 Å². The highest BCUT2D eigenvalue weighted by Crippen LogP contribution is 2.65. The highest BCUT2D eigenvalue weighted by Gasteiger charge is 2.60. The molecule has 0 bridgehead atoms. The molecule has 0 spiro atoms. The summed E-state index contributed by atoms with van der Waals surface area (Å²) in [6.45, 7) is 10.8. The first-order chi connectivity index (χ1) is 12.3. The van der Waals surface area contributed by atoms with Gasteiger partial charge in [0, 0.05) is 17.3 Å². The predicted molar refractivity (Wildman–Crippen MR) is 101 cm³/mol. The highest BCUT2D eigenvalue weighted by molar-refractivity contribution is 6.01. The van der Waals surface area contributed by atoms with Crippen molar-refractivity contribution in [3.8, 4) is 0 Å². The molecule has 0 aromatic heterocycles. The molecule has 0 aromatic carbocycles. The third kappa shape index (κ3) is 2.39. The smallest absolute Gasteiger partial charge is 0.305 e. The van der Waals surface area contributed by atoms with Crippen LogP contribution in [0, 0.1) is 28.6 Å². The number of carbonyl (C=O) groups is 2. The summed E-state index contributed by atoms with van der Waals surface area (Å²) >= 11 is 0. The van der Waals surface area contributed by atoms with Crippen molar-refractivity contribution in [3.63, 3.8) is 0 Å². The van der Waals surface area contributed by atoms with Gasteiger partial charge in [-0.15, -0.1) is 0 Å². The van der Waals surface area contributed by atoms with Crippen LogP contribution < -0.4 is 0 Å². The molecule has 6 atom stereocenters. The molecule has 4 rings (SSSR count). The van der Waals surface area contributed by atoms with Crippen molar-refractivity contribution in [1.29, 1.82) is 0 Å². The van der Waals surface area contributed by atoms with Crippen molar-refractivity contribution in [2.45, 2.75) is 65.4 Å². The summed E-state index contributed by atoms with van der Waals surface area (Å²) in [6.07, 6.45) is 11.5. The lowest BCUT2D eigenvalue weighted by atomic mass is 9.47. The minimum Gasteiger partial charge on any atom is -0.462 e. The van der Waals surface area contributed by atoms with E-state index in [0.717, 1.165) is 43.3 Å². The summed E-state index contributed by atoms with van der Waals surface area (Å²) in [6, 6.07) is 0. The van der Waals surface area contributed by atoms with Crippen LogP contribution in [0.4, 0.5) is 0 Å². The molecular formula is C23H30O3. The Morgan fingerprint density at radius 2 is 2.04 bits per heavy atom. The fraction of sp³-hybridized carbons (Fsp3) is 0.652. The van der Waals surface area contributed by atoms with Crippen LogP contribution in [0.25, 0.3) is 0 Å². The molecule has 0 aliphatic heterocycles. The fourth-order valence-electron chi connectivity index (χ4n) is 6.60. The average Bonchev–Trinajstić information content (AvgIpc) is 2.93. The monoisotopic (exact) mass is 354 g/mol. The lowest BCUT2D eigenvalue weighted by Gasteiger charge is -2.57. The molecule has 3 nitrogen and oxygen atoms in total. The Bertz CT molecular complexity index is 730. The first-order valence-corrected chi connectivity index (χ1v) is 10.1. The minimum atomic E-state index is -0.0760. The second-order valence-corrected chi connectivity index (χ2v) is 9.21. The van der Waals surface area contributed by atoms with Crippen molar-refractivity contribution in [2.75, 3.05) is 0 Å². The Morgan fingerprint density at radius 1 is 1.27 bits per heavy atom. The highest BCUT2D eigenvalue weighted by atomic mass is 16.5. The number of hydrogen-bond acceptors (Lipinski definition) is 3. The largest absolute Gasteiger partial charge is 0.462 e. The van der Waals surface area contributed by atoms with Gasteiger partial charge in [0.2, 0.25) is 0 Å². The van der Waals surface area contributed by atoms with Crippen molar-refractivity contribution in [2.24, 2.45) is 28.6 Å². The number of carbonyl (C=O) groups excluding carboxylic acids is 2. The summed E-state index contributed by atoms with van der Waals surface area (Å²) in [5.74, 6) is 1.69. The molecule has 0 unspecified atom stereocenters. The van der Waals surface area contributed by atoms with Gasteiger partial charge in [-0.25, -0.2) is 0 Å². The molecule has 0 radical (unpaired) electrons. The maximum Gasteiger partial charge on any atom is 0.305 e. The summed E-state index contributed by atoms with van der Waals surface area (Å²) in [4.78, 5) is 23.8. The summed E-state index contributed by atoms with van der Waals surface area (Å²) < 4.78 is 5.85. The number of ether oxygens (including phenoxy) is 1. The van der Waals surface area contributed by atoms with Crippen LogP contribution in [-0.4, -0.2) is 17.9 Å². The van der Waals surface area contributed by atoms with Gasteiger partial charge in [0.25, 0.3) is 0 Å². The molecule has 0 saturated heterocycles. The van der Waals surface area contributed by atoms with Crippen LogP contribution in [0.15, 0.2) is 36.0 Å². The molecule has 4 aliphatic rings. The molecule has 0 aromatic rings. The molecular weight excluding hydrogens is 324 g/mol. The third-order valence-electron chi connectivity index (χ3n) is 8.01. The number of fused-ring (bicyclic) bond motifs is 5. The zero-order valence-electron chi connectivity index (χ0n) is 16.2. The van der Waals surface area contributed by atoms with Crippen LogP contribution in [0.2, 0.25) is 0 Å². The predicted octanol–water partition coefficient (Wildman–Crippen LogP) is 4.78. The van der Waals surface area contributed by atoms with Gasteiger partial charge in [-0.05, 0) is 67.6 Å². The maximum absolute atomic E-state index is 11.9. The molecule has 3 fully saturated rings. The standard InChI is InChI=1S/C23H30O3/c1-5-21(25)26-20-7-6-17-16-12-14(2)19-13-15(24)8-10-22(19,3)18(16)9-11-23(17,20)4/h8,10,13,16-18,20H,2,5-7,9,11-12H2,1,3-4H3/t16-,17-,18-,20-,22+,23-/m0/s1. The van der Waals surface area contributed by atoms with E-state index in [1.54, 1.807) is 6.08 Å². The summed E-state index contributed by atoms with van der Waals surface area (Å²) in [7, 11) is 0. The van der Waals surface area contributed by atoms with Gasteiger partial charge in [-0.1, -0.05) is 39.0 Å². The second kappa shape index (κ2) is 5.94. The van der Waals surface area contributed by atoms with Crippen molar-refractivity contribution in [3.05, 3.63) is 36.0 Å². The van der Waals surface area contributed by atoms with Crippen molar-refractivity contribution < 1.29 is 14.3 Å². The third-order valence-corrected chi connectivity index (χ3v) is 8.01. The fourth-order valence-corrected chi connectivity index (χ4v) is 6.60. The van der Waals surface area contributed by atoms with Gasteiger partial charge >= 0.3 is 5.97 Å². The Labute approximate surface area is 156 Å². The lowest BCUT2D eigenvalue weighted by Crippen LogP contribution is -2.51. The van der Waals surface area contributed by atoms with Gasteiger partial charge in [0.05, 0.1) is 0 Å². The second-order valence-electron chi connectivity index (χ2n) is 9.21. The Balaban J connectivity index is 1.65. The number of esters is 1. The molecule has 0 heterocycles. The number of ketones is 1. The van der Waals surface area contributed by atoms with E-state index in [0.29, 0.717) is 24.2 Å². The van der Waals surface area contributed by atoms with E-state index in [1.165, 1.54) is 0 Å². The lowest BCUT2D eigenvalue weighted by molar-refractivity contribution is -0.158. The SMILES string of the molecule is C=C1C[C@H]2[C@@H]3CC[C@H](OC(=O)CC)[C@@]3(C)CC[C@@H]2[C@@]2(C)C=CC(=O)C=C12. The topological polar surface area (TPSA) is 43.4 Å². The van der Waals surface area contributed by atoms with E-state index in [9.17, 15) is 9.59 Å². The van der Waals surface area contributed by atoms with Crippen molar-refractivity contribution in [1.82, 2.24) is 0 Å². The van der Waals surface area contributed by atoms with Crippen LogP contribution in [0.5, 0.6) is 0 Å². The summed E-state index contributed by atoms with van der Waals surface area (Å²) in [5, 5.41) is 0. The van der Waals surface area contributed by atoms with Gasteiger partial charge in [-0.2, -0.15) is 0 Å². The normalized spacial score (nSPS) is 44.0. The molecule has 0 N–H and O–H groups in total. The van der Waals surface area contributed by atoms with Crippen LogP contribution in [-0.2, 0) is 14.3 Å². The van der Waals surface area contributed by atoms with Crippen LogP contribution >= 0.6 is 0 Å². The van der Waals surface area contributed by atoms with Gasteiger partial charge in [0.1, 0.15) is 6.10 Å². The zero-order valence-corrected chi connectivity index (χ0v) is 16.2. The van der Waals surface area contributed by atoms with E-state index >= 15 is 0 Å². The first-order valence-electron chi connectivity index (χ1n) is 10.1. The van der Waals surface area contributed by atoms with E-state index in [-0.39, 0.29) is 28.7 Å². The molecule has 3 heteroatoms. The van der Waals surface area contributed by atoms with Crippen LogP contribution in [0.1, 0.15) is 59.3 Å². The molecule has 0 amide bonds. The molecule has 140 valence electrons. The Morgan fingerprint density at radius 3 is 2.77 bits per heavy atom. The molecule has 26 heavy (non-hydrogen) atoms. The Hall–Kier alpha value is -1.64. The number of hydrogen-bond donors (Lipinski definition) is 0. The maximum atomic E-state index is 11.9.